The highest BCUT2D eigenvalue weighted by Gasteiger charge is 2.16. The van der Waals surface area contributed by atoms with Crippen LogP contribution in [0, 0.1) is 5.92 Å². The highest BCUT2D eigenvalue weighted by molar-refractivity contribution is 7.14. The quantitative estimate of drug-likeness (QED) is 0.815. The fraction of sp³-hybridized carbons (Fsp3) is 0.625. The lowest BCUT2D eigenvalue weighted by Crippen LogP contribution is -2.28. The highest BCUT2D eigenvalue weighted by Crippen LogP contribution is 2.26. The third kappa shape index (κ3) is 4.75. The molecule has 3 nitrogen and oxygen atoms in total. The van der Waals surface area contributed by atoms with Crippen LogP contribution in [0.5, 0.6) is 0 Å². The second-order valence-corrected chi connectivity index (χ2v) is 6.80. The first-order valence-corrected chi connectivity index (χ1v) is 8.33. The van der Waals surface area contributed by atoms with Gasteiger partial charge in [-0.1, -0.05) is 19.3 Å². The van der Waals surface area contributed by atoms with Crippen LogP contribution in [0.1, 0.15) is 60.0 Å². The van der Waals surface area contributed by atoms with Gasteiger partial charge >= 0.3 is 0 Å². The monoisotopic (exact) mass is 293 g/mol. The maximum absolute atomic E-state index is 11.9. The predicted octanol–water partition coefficient (Wildman–Crippen LogP) is 3.58. The fourth-order valence-corrected chi connectivity index (χ4v) is 3.65. The first-order chi connectivity index (χ1) is 9.65. The first-order valence-electron chi connectivity index (χ1n) is 7.51. The highest BCUT2D eigenvalue weighted by atomic mass is 32.1. The number of hydrogen-bond donors (Lipinski definition) is 1. The van der Waals surface area contributed by atoms with Crippen LogP contribution in [0.4, 0.5) is 0 Å². The van der Waals surface area contributed by atoms with Gasteiger partial charge < -0.3 is 5.32 Å². The number of ketones is 1. The van der Waals surface area contributed by atoms with Crippen LogP contribution in [-0.4, -0.2) is 18.2 Å². The number of Topliss-reactive ketones (excluding diaryl/α,β-unsaturated/α-hetero) is 1. The largest absolute Gasteiger partial charge is 0.356 e. The van der Waals surface area contributed by atoms with E-state index >= 15 is 0 Å². The molecular formula is C16H23NO2S. The van der Waals surface area contributed by atoms with E-state index in [1.54, 1.807) is 6.92 Å². The summed E-state index contributed by atoms with van der Waals surface area (Å²) >= 11 is 1.53. The molecule has 0 aromatic carbocycles. The molecule has 1 N–H and O–H groups in total. The minimum Gasteiger partial charge on any atom is -0.356 e. The Balaban J connectivity index is 1.66. The lowest BCUT2D eigenvalue weighted by atomic mass is 9.87. The molecule has 0 bridgehead atoms. The van der Waals surface area contributed by atoms with Crippen LogP contribution >= 0.6 is 11.3 Å². The Bertz CT molecular complexity index is 461. The molecule has 20 heavy (non-hydrogen) atoms. The molecule has 110 valence electrons. The summed E-state index contributed by atoms with van der Waals surface area (Å²) in [7, 11) is 0. The summed E-state index contributed by atoms with van der Waals surface area (Å²) in [6, 6.07) is 3.85. The van der Waals surface area contributed by atoms with Gasteiger partial charge in [0.25, 0.3) is 0 Å². The van der Waals surface area contributed by atoms with Gasteiger partial charge in [-0.2, -0.15) is 0 Å². The fourth-order valence-electron chi connectivity index (χ4n) is 2.75. The summed E-state index contributed by atoms with van der Waals surface area (Å²) in [5.41, 5.74) is 0. The van der Waals surface area contributed by atoms with E-state index in [9.17, 15) is 9.59 Å². The number of thiophene rings is 1. The molecule has 1 fully saturated rings. The molecule has 1 heterocycles. The molecule has 0 saturated heterocycles. The van der Waals surface area contributed by atoms with Crippen LogP contribution in [0.25, 0.3) is 0 Å². The van der Waals surface area contributed by atoms with Crippen LogP contribution in [0.2, 0.25) is 0 Å². The van der Waals surface area contributed by atoms with Crippen LogP contribution < -0.4 is 5.32 Å². The smallest absolute Gasteiger partial charge is 0.220 e. The van der Waals surface area contributed by atoms with E-state index in [1.807, 2.05) is 12.1 Å². The van der Waals surface area contributed by atoms with Gasteiger partial charge in [-0.3, -0.25) is 9.59 Å². The van der Waals surface area contributed by atoms with Crippen molar-refractivity contribution in [3.63, 3.8) is 0 Å². The molecule has 4 heteroatoms. The van der Waals surface area contributed by atoms with Crippen molar-refractivity contribution in [1.29, 1.82) is 0 Å². The van der Waals surface area contributed by atoms with Crippen LogP contribution in [-0.2, 0) is 11.2 Å². The minimum atomic E-state index is 0.114. The molecule has 1 amide bonds. The molecule has 1 aliphatic carbocycles. The van der Waals surface area contributed by atoms with E-state index < -0.39 is 0 Å². The van der Waals surface area contributed by atoms with Crippen molar-refractivity contribution in [2.45, 2.75) is 51.9 Å². The van der Waals surface area contributed by atoms with Gasteiger partial charge in [-0.25, -0.2) is 0 Å². The van der Waals surface area contributed by atoms with Crippen molar-refractivity contribution in [2.75, 3.05) is 6.54 Å². The number of amides is 1. The van der Waals surface area contributed by atoms with Crippen molar-refractivity contribution >= 4 is 23.0 Å². The SMILES string of the molecule is CC(=O)c1ccc(CCNC(=O)CC2CCCCC2)s1. The maximum Gasteiger partial charge on any atom is 0.220 e. The van der Waals surface area contributed by atoms with Gasteiger partial charge in [0.15, 0.2) is 5.78 Å². The number of rotatable bonds is 6. The van der Waals surface area contributed by atoms with Crippen molar-refractivity contribution in [1.82, 2.24) is 5.32 Å². The summed E-state index contributed by atoms with van der Waals surface area (Å²) in [5.74, 6) is 0.887. The zero-order valence-electron chi connectivity index (χ0n) is 12.1. The Labute approximate surface area is 124 Å². The second-order valence-electron chi connectivity index (χ2n) is 5.63. The Morgan fingerprint density at radius 3 is 2.65 bits per heavy atom. The van der Waals surface area contributed by atoms with Gasteiger partial charge in [0, 0.05) is 17.8 Å². The van der Waals surface area contributed by atoms with E-state index in [2.05, 4.69) is 5.32 Å². The molecule has 0 unspecified atom stereocenters. The second kappa shape index (κ2) is 7.58. The van der Waals surface area contributed by atoms with Gasteiger partial charge in [0.2, 0.25) is 5.91 Å². The molecule has 0 radical (unpaired) electrons. The Morgan fingerprint density at radius 2 is 2.00 bits per heavy atom. The van der Waals surface area contributed by atoms with Gasteiger partial charge in [-0.05, 0) is 44.2 Å². The van der Waals surface area contributed by atoms with Gasteiger partial charge in [0.05, 0.1) is 4.88 Å². The third-order valence-corrected chi connectivity index (χ3v) is 5.15. The Morgan fingerprint density at radius 1 is 1.25 bits per heavy atom. The van der Waals surface area contributed by atoms with Crippen molar-refractivity contribution in [3.05, 3.63) is 21.9 Å². The zero-order valence-corrected chi connectivity index (χ0v) is 12.9. The summed E-state index contributed by atoms with van der Waals surface area (Å²) < 4.78 is 0. The lowest BCUT2D eigenvalue weighted by molar-refractivity contribution is -0.122. The third-order valence-electron chi connectivity index (χ3n) is 3.90. The van der Waals surface area contributed by atoms with Gasteiger partial charge in [-0.15, -0.1) is 11.3 Å². The molecule has 1 aliphatic rings. The normalized spacial score (nSPS) is 16.1. The maximum atomic E-state index is 11.9. The first kappa shape index (κ1) is 15.2. The molecule has 0 aliphatic heterocycles. The van der Waals surface area contributed by atoms with Crippen molar-refractivity contribution < 1.29 is 9.59 Å². The van der Waals surface area contributed by atoms with Crippen molar-refractivity contribution in [2.24, 2.45) is 5.92 Å². The van der Waals surface area contributed by atoms with E-state index in [-0.39, 0.29) is 11.7 Å². The minimum absolute atomic E-state index is 0.114. The zero-order chi connectivity index (χ0) is 14.4. The summed E-state index contributed by atoms with van der Waals surface area (Å²) in [6.07, 6.45) is 7.80. The Hall–Kier alpha value is -1.16. The van der Waals surface area contributed by atoms with E-state index in [0.717, 1.165) is 16.2 Å². The molecule has 1 aromatic rings. The van der Waals surface area contributed by atoms with E-state index in [0.29, 0.717) is 18.9 Å². The number of carbonyl (C=O) groups is 2. The molecule has 0 atom stereocenters. The van der Waals surface area contributed by atoms with Crippen LogP contribution in [0.15, 0.2) is 12.1 Å². The summed E-state index contributed by atoms with van der Waals surface area (Å²) in [5, 5.41) is 3.00. The van der Waals surface area contributed by atoms with E-state index in [4.69, 9.17) is 0 Å². The molecular weight excluding hydrogens is 270 g/mol. The molecule has 1 saturated carbocycles. The molecule has 0 spiro atoms. The number of hydrogen-bond acceptors (Lipinski definition) is 3. The average Bonchev–Trinajstić information content (AvgIpc) is 2.89. The lowest BCUT2D eigenvalue weighted by Gasteiger charge is -2.20. The van der Waals surface area contributed by atoms with E-state index in [1.165, 1.54) is 43.4 Å². The number of carbonyl (C=O) groups excluding carboxylic acids is 2. The summed E-state index contributed by atoms with van der Waals surface area (Å²) in [6.45, 7) is 2.25. The van der Waals surface area contributed by atoms with Gasteiger partial charge in [0.1, 0.15) is 0 Å². The Kier molecular flexibility index (Phi) is 5.77. The predicted molar refractivity (Wildman–Crippen MR) is 82.2 cm³/mol. The van der Waals surface area contributed by atoms with Crippen LogP contribution in [0.3, 0.4) is 0 Å². The molecule has 1 aromatic heterocycles. The average molecular weight is 293 g/mol. The standard InChI is InChI=1S/C16H23NO2S/c1-12(18)15-8-7-14(20-15)9-10-17-16(19)11-13-5-3-2-4-6-13/h7-8,13H,2-6,9-11H2,1H3,(H,17,19). The molecule has 2 rings (SSSR count). The number of nitrogens with one attached hydrogen (secondary N) is 1. The van der Waals surface area contributed by atoms with Crippen molar-refractivity contribution in [3.8, 4) is 0 Å². The topological polar surface area (TPSA) is 46.2 Å². The summed E-state index contributed by atoms with van der Waals surface area (Å²) in [4.78, 5) is 25.0.